The zero-order valence-corrected chi connectivity index (χ0v) is 15.2. The van der Waals surface area contributed by atoms with Crippen LogP contribution in [-0.2, 0) is 11.3 Å². The zero-order chi connectivity index (χ0) is 19.1. The molecular formula is C20H23N3O4. The van der Waals surface area contributed by atoms with Crippen molar-refractivity contribution in [3.05, 3.63) is 53.6 Å². The summed E-state index contributed by atoms with van der Waals surface area (Å²) >= 11 is 0. The topological polar surface area (TPSA) is 88.7 Å². The van der Waals surface area contributed by atoms with Crippen molar-refractivity contribution >= 4 is 17.5 Å². The zero-order valence-electron chi connectivity index (χ0n) is 15.2. The Labute approximate surface area is 158 Å². The Morgan fingerprint density at radius 2 is 1.89 bits per heavy atom. The van der Waals surface area contributed by atoms with E-state index in [1.165, 1.54) is 0 Å². The van der Waals surface area contributed by atoms with Gasteiger partial charge >= 0.3 is 0 Å². The largest absolute Gasteiger partial charge is 0.454 e. The normalized spacial score (nSPS) is 11.9. The minimum absolute atomic E-state index is 0.110. The molecule has 1 aliphatic heterocycles. The molecule has 0 fully saturated rings. The fourth-order valence-electron chi connectivity index (χ4n) is 2.76. The van der Waals surface area contributed by atoms with Gasteiger partial charge in [0, 0.05) is 13.0 Å². The van der Waals surface area contributed by atoms with E-state index in [9.17, 15) is 9.59 Å². The molecule has 0 spiro atoms. The number of para-hydroxylation sites is 1. The molecule has 0 saturated heterocycles. The molecule has 142 valence electrons. The first-order chi connectivity index (χ1) is 13.2. The highest BCUT2D eigenvalue weighted by Crippen LogP contribution is 2.32. The SMILES string of the molecule is CNCCCC(=O)Nc1ccccc1C(=O)NCc1ccc2c(c1)OCO2. The summed E-state index contributed by atoms with van der Waals surface area (Å²) < 4.78 is 10.6. The van der Waals surface area contributed by atoms with Crippen molar-refractivity contribution in [1.82, 2.24) is 10.6 Å². The summed E-state index contributed by atoms with van der Waals surface area (Å²) in [5.41, 5.74) is 1.84. The molecule has 3 N–H and O–H groups in total. The van der Waals surface area contributed by atoms with Crippen molar-refractivity contribution in [1.29, 1.82) is 0 Å². The molecule has 0 atom stereocenters. The third-order valence-corrected chi connectivity index (χ3v) is 4.17. The molecule has 2 aromatic carbocycles. The second-order valence-electron chi connectivity index (χ2n) is 6.17. The number of fused-ring (bicyclic) bond motifs is 1. The van der Waals surface area contributed by atoms with Gasteiger partial charge in [-0.3, -0.25) is 9.59 Å². The maximum atomic E-state index is 12.6. The van der Waals surface area contributed by atoms with Gasteiger partial charge in [-0.25, -0.2) is 0 Å². The molecule has 2 aromatic rings. The van der Waals surface area contributed by atoms with Gasteiger partial charge in [-0.15, -0.1) is 0 Å². The number of carbonyl (C=O) groups excluding carboxylic acids is 2. The van der Waals surface area contributed by atoms with E-state index >= 15 is 0 Å². The Balaban J connectivity index is 1.60. The quantitative estimate of drug-likeness (QED) is 0.621. The lowest BCUT2D eigenvalue weighted by Gasteiger charge is -2.12. The van der Waals surface area contributed by atoms with Gasteiger partial charge in [0.15, 0.2) is 11.5 Å². The second-order valence-corrected chi connectivity index (χ2v) is 6.17. The molecule has 0 aromatic heterocycles. The van der Waals surface area contributed by atoms with Crippen molar-refractivity contribution in [2.24, 2.45) is 0 Å². The number of ether oxygens (including phenoxy) is 2. The first kappa shape index (κ1) is 18.7. The molecule has 7 nitrogen and oxygen atoms in total. The van der Waals surface area contributed by atoms with E-state index in [0.717, 1.165) is 18.5 Å². The Morgan fingerprint density at radius 1 is 1.07 bits per heavy atom. The van der Waals surface area contributed by atoms with E-state index in [2.05, 4.69) is 16.0 Å². The number of rotatable bonds is 8. The van der Waals surface area contributed by atoms with Crippen LogP contribution in [-0.4, -0.2) is 32.2 Å². The van der Waals surface area contributed by atoms with Gasteiger partial charge in [-0.1, -0.05) is 18.2 Å². The fourth-order valence-corrected chi connectivity index (χ4v) is 2.76. The van der Waals surface area contributed by atoms with Gasteiger partial charge in [0.1, 0.15) is 0 Å². The van der Waals surface area contributed by atoms with E-state index in [-0.39, 0.29) is 18.6 Å². The average Bonchev–Trinajstić information content (AvgIpc) is 3.14. The van der Waals surface area contributed by atoms with Crippen LogP contribution in [0.5, 0.6) is 11.5 Å². The third-order valence-electron chi connectivity index (χ3n) is 4.17. The van der Waals surface area contributed by atoms with Crippen LogP contribution in [0.1, 0.15) is 28.8 Å². The van der Waals surface area contributed by atoms with E-state index in [4.69, 9.17) is 9.47 Å². The molecule has 1 aliphatic rings. The summed E-state index contributed by atoms with van der Waals surface area (Å²) in [7, 11) is 1.84. The fraction of sp³-hybridized carbons (Fsp3) is 0.300. The predicted octanol–water partition coefficient (Wildman–Crippen LogP) is 2.28. The summed E-state index contributed by atoms with van der Waals surface area (Å²) in [6, 6.07) is 12.5. The van der Waals surface area contributed by atoms with Crippen LogP contribution in [0.3, 0.4) is 0 Å². The minimum Gasteiger partial charge on any atom is -0.454 e. The summed E-state index contributed by atoms with van der Waals surface area (Å²) in [6.45, 7) is 1.33. The third kappa shape index (κ3) is 4.98. The van der Waals surface area contributed by atoms with Crippen LogP contribution in [0.4, 0.5) is 5.69 Å². The first-order valence-corrected chi connectivity index (χ1v) is 8.87. The Bertz CT molecular complexity index is 823. The number of nitrogens with one attached hydrogen (secondary N) is 3. The van der Waals surface area contributed by atoms with Crippen molar-refractivity contribution in [2.45, 2.75) is 19.4 Å². The highest BCUT2D eigenvalue weighted by molar-refractivity contribution is 6.03. The highest BCUT2D eigenvalue weighted by atomic mass is 16.7. The number of amides is 2. The summed E-state index contributed by atoms with van der Waals surface area (Å²) in [5, 5.41) is 8.70. The molecule has 0 bridgehead atoms. The smallest absolute Gasteiger partial charge is 0.253 e. The molecule has 0 radical (unpaired) electrons. The lowest BCUT2D eigenvalue weighted by atomic mass is 10.1. The minimum atomic E-state index is -0.251. The van der Waals surface area contributed by atoms with Crippen molar-refractivity contribution in [3.63, 3.8) is 0 Å². The number of anilines is 1. The number of carbonyl (C=O) groups is 2. The van der Waals surface area contributed by atoms with Gasteiger partial charge in [-0.05, 0) is 49.8 Å². The van der Waals surface area contributed by atoms with Crippen LogP contribution in [0.15, 0.2) is 42.5 Å². The molecular weight excluding hydrogens is 346 g/mol. The van der Waals surface area contributed by atoms with E-state index in [1.54, 1.807) is 24.3 Å². The van der Waals surface area contributed by atoms with Gasteiger partial charge in [0.25, 0.3) is 5.91 Å². The molecule has 3 rings (SSSR count). The summed E-state index contributed by atoms with van der Waals surface area (Å²) in [4.78, 5) is 24.6. The van der Waals surface area contributed by atoms with Gasteiger partial charge in [0.05, 0.1) is 11.3 Å². The van der Waals surface area contributed by atoms with Crippen LogP contribution in [0.25, 0.3) is 0 Å². The van der Waals surface area contributed by atoms with E-state index in [1.807, 2.05) is 25.2 Å². The molecule has 0 aliphatic carbocycles. The Kier molecular flexibility index (Phi) is 6.27. The monoisotopic (exact) mass is 369 g/mol. The van der Waals surface area contributed by atoms with Crippen molar-refractivity contribution < 1.29 is 19.1 Å². The van der Waals surface area contributed by atoms with Gasteiger partial charge in [0.2, 0.25) is 12.7 Å². The standard InChI is InChI=1S/C20H23N3O4/c1-21-10-4-7-19(24)23-16-6-3-2-5-15(16)20(25)22-12-14-8-9-17-18(11-14)27-13-26-17/h2-3,5-6,8-9,11,21H,4,7,10,12-13H2,1H3,(H,22,25)(H,23,24). The molecule has 27 heavy (non-hydrogen) atoms. The van der Waals surface area contributed by atoms with Crippen LogP contribution < -0.4 is 25.4 Å². The van der Waals surface area contributed by atoms with Crippen molar-refractivity contribution in [3.8, 4) is 11.5 Å². The molecule has 0 unspecified atom stereocenters. The molecule has 2 amide bonds. The second kappa shape index (κ2) is 9.05. The lowest BCUT2D eigenvalue weighted by molar-refractivity contribution is -0.116. The molecule has 7 heteroatoms. The molecule has 0 saturated carbocycles. The number of hydrogen-bond donors (Lipinski definition) is 3. The lowest BCUT2D eigenvalue weighted by Crippen LogP contribution is -2.25. The summed E-state index contributed by atoms with van der Waals surface area (Å²) in [5.74, 6) is 1.02. The van der Waals surface area contributed by atoms with Crippen molar-refractivity contribution in [2.75, 3.05) is 25.7 Å². The van der Waals surface area contributed by atoms with Crippen LogP contribution in [0, 0.1) is 0 Å². The maximum Gasteiger partial charge on any atom is 0.253 e. The number of hydrogen-bond acceptors (Lipinski definition) is 5. The van der Waals surface area contributed by atoms with Gasteiger partial charge in [-0.2, -0.15) is 0 Å². The summed E-state index contributed by atoms with van der Waals surface area (Å²) in [6.07, 6.45) is 1.13. The first-order valence-electron chi connectivity index (χ1n) is 8.87. The molecule has 1 heterocycles. The van der Waals surface area contributed by atoms with Crippen LogP contribution in [0.2, 0.25) is 0 Å². The Morgan fingerprint density at radius 3 is 2.74 bits per heavy atom. The van der Waals surface area contributed by atoms with E-state index in [0.29, 0.717) is 35.7 Å². The Hall–Kier alpha value is -3.06. The average molecular weight is 369 g/mol. The van der Waals surface area contributed by atoms with Crippen LogP contribution >= 0.6 is 0 Å². The maximum absolute atomic E-state index is 12.6. The number of benzene rings is 2. The predicted molar refractivity (Wildman–Crippen MR) is 102 cm³/mol. The van der Waals surface area contributed by atoms with E-state index < -0.39 is 0 Å². The highest BCUT2D eigenvalue weighted by Gasteiger charge is 2.15. The van der Waals surface area contributed by atoms with Gasteiger partial charge < -0.3 is 25.4 Å².